The molecule has 0 spiro atoms. The van der Waals surface area contributed by atoms with Gasteiger partial charge in [0.2, 0.25) is 0 Å². The highest BCUT2D eigenvalue weighted by atomic mass is 35.5. The van der Waals surface area contributed by atoms with Crippen LogP contribution >= 0.6 is 23.2 Å². The molecule has 0 aliphatic rings. The first kappa shape index (κ1) is 13.5. The molecule has 0 aliphatic carbocycles. The van der Waals surface area contributed by atoms with Crippen molar-refractivity contribution in [2.24, 2.45) is 5.73 Å². The minimum absolute atomic E-state index is 0.164. The van der Waals surface area contributed by atoms with Crippen LogP contribution in [0.15, 0.2) is 34.7 Å². The maximum Gasteiger partial charge on any atom is 0.121 e. The molecule has 1 aromatic heterocycles. The molecule has 2 aromatic rings. The highest BCUT2D eigenvalue weighted by Crippen LogP contribution is 2.25. The van der Waals surface area contributed by atoms with Gasteiger partial charge in [0.15, 0.2) is 0 Å². The fourth-order valence-corrected chi connectivity index (χ4v) is 2.13. The first-order valence-corrected chi connectivity index (χ1v) is 6.64. The Morgan fingerprint density at radius 2 is 1.94 bits per heavy atom. The summed E-state index contributed by atoms with van der Waals surface area (Å²) >= 11 is 11.8. The highest BCUT2D eigenvalue weighted by Gasteiger charge is 2.12. The topological polar surface area (TPSA) is 39.2 Å². The Labute approximate surface area is 117 Å². The van der Waals surface area contributed by atoms with Gasteiger partial charge in [-0.1, -0.05) is 36.2 Å². The van der Waals surface area contributed by atoms with E-state index in [9.17, 15) is 0 Å². The Hall–Kier alpha value is -0.960. The summed E-state index contributed by atoms with van der Waals surface area (Å²) in [6.45, 7) is 2.05. The maximum absolute atomic E-state index is 6.11. The molecule has 0 fully saturated rings. The van der Waals surface area contributed by atoms with Crippen LogP contribution < -0.4 is 5.73 Å². The van der Waals surface area contributed by atoms with Crippen LogP contribution in [0.3, 0.4) is 0 Å². The zero-order chi connectivity index (χ0) is 13.1. The molecule has 2 nitrogen and oxygen atoms in total. The summed E-state index contributed by atoms with van der Waals surface area (Å²) in [5.41, 5.74) is 7.16. The number of benzene rings is 1. The number of halogens is 2. The van der Waals surface area contributed by atoms with Crippen molar-refractivity contribution in [3.05, 3.63) is 57.5 Å². The lowest BCUT2D eigenvalue weighted by molar-refractivity contribution is 0.434. The van der Waals surface area contributed by atoms with Crippen LogP contribution in [-0.4, -0.2) is 0 Å². The average Bonchev–Trinajstić information content (AvgIpc) is 2.82. The predicted octanol–water partition coefficient (Wildman–Crippen LogP) is 4.39. The average molecular weight is 284 g/mol. The van der Waals surface area contributed by atoms with Crippen LogP contribution in [0.4, 0.5) is 0 Å². The van der Waals surface area contributed by atoms with E-state index in [0.717, 1.165) is 23.5 Å². The standard InChI is InChI=1S/C14H15Cl2NO/c1-2-10-4-6-14(18-10)13(17)8-9-3-5-11(15)12(16)7-9/h3-7,13H,2,8,17H2,1H3. The van der Waals surface area contributed by atoms with Crippen molar-refractivity contribution in [2.75, 3.05) is 0 Å². The SMILES string of the molecule is CCc1ccc(C(N)Cc2ccc(Cl)c(Cl)c2)o1. The van der Waals surface area contributed by atoms with E-state index < -0.39 is 0 Å². The second-order valence-electron chi connectivity index (χ2n) is 4.22. The summed E-state index contributed by atoms with van der Waals surface area (Å²) in [6.07, 6.45) is 1.55. The van der Waals surface area contributed by atoms with E-state index in [0.29, 0.717) is 16.5 Å². The first-order valence-electron chi connectivity index (χ1n) is 5.88. The van der Waals surface area contributed by atoms with Gasteiger partial charge in [0.25, 0.3) is 0 Å². The van der Waals surface area contributed by atoms with E-state index >= 15 is 0 Å². The van der Waals surface area contributed by atoms with E-state index in [1.54, 1.807) is 6.07 Å². The first-order chi connectivity index (χ1) is 8.60. The molecular weight excluding hydrogens is 269 g/mol. The lowest BCUT2D eigenvalue weighted by atomic mass is 10.1. The van der Waals surface area contributed by atoms with E-state index in [2.05, 4.69) is 0 Å². The fourth-order valence-electron chi connectivity index (χ4n) is 1.80. The molecule has 1 aromatic carbocycles. The number of furan rings is 1. The second kappa shape index (κ2) is 5.79. The van der Waals surface area contributed by atoms with Gasteiger partial charge in [-0.15, -0.1) is 0 Å². The molecule has 0 saturated carbocycles. The van der Waals surface area contributed by atoms with Gasteiger partial charge in [0.1, 0.15) is 11.5 Å². The van der Waals surface area contributed by atoms with Gasteiger partial charge < -0.3 is 10.2 Å². The van der Waals surface area contributed by atoms with Gasteiger partial charge in [0, 0.05) is 6.42 Å². The van der Waals surface area contributed by atoms with Crippen molar-refractivity contribution < 1.29 is 4.42 Å². The quantitative estimate of drug-likeness (QED) is 0.904. The van der Waals surface area contributed by atoms with E-state index in [-0.39, 0.29) is 6.04 Å². The van der Waals surface area contributed by atoms with E-state index in [1.807, 2.05) is 31.2 Å². The molecule has 1 heterocycles. The number of aryl methyl sites for hydroxylation is 1. The van der Waals surface area contributed by atoms with E-state index in [4.69, 9.17) is 33.4 Å². The molecule has 0 saturated heterocycles. The molecule has 96 valence electrons. The minimum atomic E-state index is -0.164. The monoisotopic (exact) mass is 283 g/mol. The Kier molecular flexibility index (Phi) is 4.33. The third kappa shape index (κ3) is 3.08. The van der Waals surface area contributed by atoms with Gasteiger partial charge >= 0.3 is 0 Å². The lowest BCUT2D eigenvalue weighted by Crippen LogP contribution is -2.12. The fraction of sp³-hybridized carbons (Fsp3) is 0.286. The van der Waals surface area contributed by atoms with Crippen molar-refractivity contribution in [3.8, 4) is 0 Å². The number of rotatable bonds is 4. The van der Waals surface area contributed by atoms with Crippen LogP contribution in [0.2, 0.25) is 10.0 Å². The number of hydrogen-bond acceptors (Lipinski definition) is 2. The molecule has 0 bridgehead atoms. The van der Waals surface area contributed by atoms with Crippen molar-refractivity contribution in [1.82, 2.24) is 0 Å². The Morgan fingerprint density at radius 1 is 1.17 bits per heavy atom. The van der Waals surface area contributed by atoms with Gasteiger partial charge in [-0.25, -0.2) is 0 Å². The summed E-state index contributed by atoms with van der Waals surface area (Å²) in [5, 5.41) is 1.11. The summed E-state index contributed by atoms with van der Waals surface area (Å²) in [7, 11) is 0. The largest absolute Gasteiger partial charge is 0.464 e. The summed E-state index contributed by atoms with van der Waals surface area (Å²) in [6, 6.07) is 9.28. The summed E-state index contributed by atoms with van der Waals surface area (Å²) < 4.78 is 5.64. The number of nitrogens with two attached hydrogens (primary N) is 1. The van der Waals surface area contributed by atoms with Gasteiger partial charge in [-0.2, -0.15) is 0 Å². The molecule has 2 N–H and O–H groups in total. The van der Waals surface area contributed by atoms with Crippen LogP contribution in [-0.2, 0) is 12.8 Å². The Bertz CT molecular complexity index is 536. The molecule has 4 heteroatoms. The van der Waals surface area contributed by atoms with Gasteiger partial charge in [-0.05, 0) is 36.2 Å². The molecule has 0 radical (unpaired) electrons. The zero-order valence-corrected chi connectivity index (χ0v) is 11.6. The second-order valence-corrected chi connectivity index (χ2v) is 5.03. The molecule has 2 rings (SSSR count). The van der Waals surface area contributed by atoms with Crippen LogP contribution in [0.25, 0.3) is 0 Å². The predicted molar refractivity (Wildman–Crippen MR) is 75.2 cm³/mol. The molecule has 0 aliphatic heterocycles. The van der Waals surface area contributed by atoms with Gasteiger partial charge in [-0.3, -0.25) is 0 Å². The molecule has 1 unspecified atom stereocenters. The van der Waals surface area contributed by atoms with Crippen LogP contribution in [0.5, 0.6) is 0 Å². The zero-order valence-electron chi connectivity index (χ0n) is 10.1. The van der Waals surface area contributed by atoms with Crippen molar-refractivity contribution in [3.63, 3.8) is 0 Å². The molecule has 1 atom stereocenters. The normalized spacial score (nSPS) is 12.7. The molecule has 18 heavy (non-hydrogen) atoms. The summed E-state index contributed by atoms with van der Waals surface area (Å²) in [4.78, 5) is 0. The van der Waals surface area contributed by atoms with Crippen molar-refractivity contribution in [1.29, 1.82) is 0 Å². The van der Waals surface area contributed by atoms with Gasteiger partial charge in [0.05, 0.1) is 16.1 Å². The Morgan fingerprint density at radius 3 is 2.56 bits per heavy atom. The highest BCUT2D eigenvalue weighted by molar-refractivity contribution is 6.42. The third-order valence-electron chi connectivity index (χ3n) is 2.84. The van der Waals surface area contributed by atoms with E-state index in [1.165, 1.54) is 0 Å². The smallest absolute Gasteiger partial charge is 0.121 e. The van der Waals surface area contributed by atoms with Crippen molar-refractivity contribution >= 4 is 23.2 Å². The minimum Gasteiger partial charge on any atom is -0.464 e. The Balaban J connectivity index is 2.10. The molecular formula is C14H15Cl2NO. The lowest BCUT2D eigenvalue weighted by Gasteiger charge is -2.09. The van der Waals surface area contributed by atoms with Crippen molar-refractivity contribution in [2.45, 2.75) is 25.8 Å². The third-order valence-corrected chi connectivity index (χ3v) is 3.58. The maximum atomic E-state index is 6.11. The molecule has 0 amide bonds. The summed E-state index contributed by atoms with van der Waals surface area (Å²) in [5.74, 6) is 1.76. The van der Waals surface area contributed by atoms with Crippen LogP contribution in [0.1, 0.15) is 30.0 Å². The van der Waals surface area contributed by atoms with Crippen LogP contribution in [0, 0.1) is 0 Å². The number of hydrogen-bond donors (Lipinski definition) is 1.